The van der Waals surface area contributed by atoms with Crippen LogP contribution in [-0.4, -0.2) is 46.7 Å². The van der Waals surface area contributed by atoms with E-state index in [4.69, 9.17) is 4.74 Å². The molecule has 4 heteroatoms. The summed E-state index contributed by atoms with van der Waals surface area (Å²) < 4.78 is 5.50. The molecule has 114 valence electrons. The van der Waals surface area contributed by atoms with E-state index in [1.165, 1.54) is 5.56 Å². The minimum Gasteiger partial charge on any atom is -0.444 e. The molecule has 0 saturated carbocycles. The lowest BCUT2D eigenvalue weighted by Gasteiger charge is -2.55. The van der Waals surface area contributed by atoms with Crippen LogP contribution < -0.4 is 0 Å². The van der Waals surface area contributed by atoms with Gasteiger partial charge >= 0.3 is 6.09 Å². The van der Waals surface area contributed by atoms with E-state index in [0.717, 1.165) is 26.1 Å². The first-order valence-electron chi connectivity index (χ1n) is 7.70. The molecule has 0 N–H and O–H groups in total. The molecule has 21 heavy (non-hydrogen) atoms. The molecule has 3 aliphatic rings. The summed E-state index contributed by atoms with van der Waals surface area (Å²) in [5.74, 6) is 0. The van der Waals surface area contributed by atoms with Gasteiger partial charge in [-0.05, 0) is 32.8 Å². The zero-order valence-corrected chi connectivity index (χ0v) is 13.1. The summed E-state index contributed by atoms with van der Waals surface area (Å²) in [7, 11) is 0. The predicted molar refractivity (Wildman–Crippen MR) is 82.0 cm³/mol. The Morgan fingerprint density at radius 2 is 1.81 bits per heavy atom. The van der Waals surface area contributed by atoms with Gasteiger partial charge in [0.05, 0.1) is 12.1 Å². The van der Waals surface area contributed by atoms with Gasteiger partial charge in [0.1, 0.15) is 5.60 Å². The zero-order chi connectivity index (χ0) is 15.0. The van der Waals surface area contributed by atoms with Gasteiger partial charge in [0.25, 0.3) is 0 Å². The second kappa shape index (κ2) is 5.34. The molecule has 0 aliphatic carbocycles. The van der Waals surface area contributed by atoms with Gasteiger partial charge in [0, 0.05) is 19.6 Å². The van der Waals surface area contributed by atoms with Gasteiger partial charge in [-0.2, -0.15) is 0 Å². The highest BCUT2D eigenvalue weighted by Crippen LogP contribution is 2.34. The minimum atomic E-state index is -0.412. The van der Waals surface area contributed by atoms with Crippen LogP contribution in [0.1, 0.15) is 32.8 Å². The number of fused-ring (bicyclic) bond motifs is 2. The Balaban J connectivity index is 1.56. The Morgan fingerprint density at radius 3 is 2.38 bits per heavy atom. The van der Waals surface area contributed by atoms with Crippen LogP contribution in [0.25, 0.3) is 0 Å². The third kappa shape index (κ3) is 3.21. The molecule has 0 radical (unpaired) electrons. The van der Waals surface area contributed by atoms with Gasteiger partial charge in [-0.1, -0.05) is 30.3 Å². The molecule has 4 rings (SSSR count). The number of carbonyl (C=O) groups is 1. The number of ether oxygens (including phenoxy) is 1. The van der Waals surface area contributed by atoms with Crippen molar-refractivity contribution in [3.05, 3.63) is 35.9 Å². The van der Waals surface area contributed by atoms with Crippen molar-refractivity contribution >= 4 is 6.09 Å². The summed E-state index contributed by atoms with van der Waals surface area (Å²) in [6.45, 7) is 8.62. The summed E-state index contributed by atoms with van der Waals surface area (Å²) in [5.41, 5.74) is 0.924. The number of carbonyl (C=O) groups excluding carboxylic acids is 1. The number of hydrogen-bond acceptors (Lipinski definition) is 3. The first kappa shape index (κ1) is 14.4. The van der Waals surface area contributed by atoms with Crippen molar-refractivity contribution in [2.75, 3.05) is 13.1 Å². The third-order valence-corrected chi connectivity index (χ3v) is 4.12. The number of piperidine rings is 1. The molecule has 0 aromatic heterocycles. The van der Waals surface area contributed by atoms with Crippen LogP contribution in [0.4, 0.5) is 4.79 Å². The van der Waals surface area contributed by atoms with E-state index in [0.29, 0.717) is 12.1 Å². The Hall–Kier alpha value is -1.55. The number of hydrogen-bond donors (Lipinski definition) is 0. The van der Waals surface area contributed by atoms with Crippen LogP contribution in [0.15, 0.2) is 30.3 Å². The molecule has 3 saturated heterocycles. The van der Waals surface area contributed by atoms with Gasteiger partial charge in [-0.25, -0.2) is 4.79 Å². The third-order valence-electron chi connectivity index (χ3n) is 4.12. The zero-order valence-electron chi connectivity index (χ0n) is 13.1. The molecule has 2 unspecified atom stereocenters. The van der Waals surface area contributed by atoms with Crippen molar-refractivity contribution in [2.24, 2.45) is 0 Å². The SMILES string of the molecule is CC(C)(C)OC(=O)N1C2CC1CN(Cc1ccccc1)C2. The van der Waals surface area contributed by atoms with Crippen molar-refractivity contribution in [1.29, 1.82) is 0 Å². The fraction of sp³-hybridized carbons (Fsp3) is 0.588. The summed E-state index contributed by atoms with van der Waals surface area (Å²) in [5, 5.41) is 0. The summed E-state index contributed by atoms with van der Waals surface area (Å²) in [4.78, 5) is 16.6. The highest BCUT2D eigenvalue weighted by molar-refractivity contribution is 5.70. The first-order valence-corrected chi connectivity index (χ1v) is 7.70. The van der Waals surface area contributed by atoms with Crippen LogP contribution in [0, 0.1) is 0 Å². The Labute approximate surface area is 126 Å². The number of rotatable bonds is 2. The fourth-order valence-corrected chi connectivity index (χ4v) is 3.28. The van der Waals surface area contributed by atoms with Crippen molar-refractivity contribution in [2.45, 2.75) is 51.4 Å². The number of nitrogens with zero attached hydrogens (tertiary/aromatic N) is 2. The molecule has 4 nitrogen and oxygen atoms in total. The number of amides is 1. The molecule has 3 aliphatic heterocycles. The standard InChI is InChI=1S/C17H24N2O2/c1-17(2,3)21-16(20)19-14-9-15(19)12-18(11-14)10-13-7-5-4-6-8-13/h4-8,14-15H,9-12H2,1-3H3. The second-order valence-electron chi connectivity index (χ2n) is 7.11. The quantitative estimate of drug-likeness (QED) is 0.839. The van der Waals surface area contributed by atoms with E-state index >= 15 is 0 Å². The van der Waals surface area contributed by atoms with Gasteiger partial charge in [0.2, 0.25) is 0 Å². The summed E-state index contributed by atoms with van der Waals surface area (Å²) in [6.07, 6.45) is 0.966. The maximum Gasteiger partial charge on any atom is 0.410 e. The Bertz CT molecular complexity index is 497. The molecule has 3 fully saturated rings. The average molecular weight is 288 g/mol. The van der Waals surface area contributed by atoms with Crippen LogP contribution in [0.5, 0.6) is 0 Å². The molecule has 1 amide bonds. The number of benzene rings is 1. The lowest BCUT2D eigenvalue weighted by Crippen LogP contribution is -2.70. The van der Waals surface area contributed by atoms with Crippen LogP contribution in [0.3, 0.4) is 0 Å². The minimum absolute atomic E-state index is 0.150. The van der Waals surface area contributed by atoms with Gasteiger partial charge < -0.3 is 4.74 Å². The average Bonchev–Trinajstić information content (AvgIpc) is 2.37. The molecule has 1 aromatic rings. The van der Waals surface area contributed by atoms with E-state index < -0.39 is 5.60 Å². The highest BCUT2D eigenvalue weighted by atomic mass is 16.6. The van der Waals surface area contributed by atoms with E-state index in [-0.39, 0.29) is 6.09 Å². The molecule has 1 aromatic carbocycles. The van der Waals surface area contributed by atoms with Crippen LogP contribution >= 0.6 is 0 Å². The van der Waals surface area contributed by atoms with Crippen molar-refractivity contribution in [3.63, 3.8) is 0 Å². The van der Waals surface area contributed by atoms with Gasteiger partial charge in [0.15, 0.2) is 0 Å². The van der Waals surface area contributed by atoms with E-state index in [1.54, 1.807) is 0 Å². The molecular weight excluding hydrogens is 264 g/mol. The molecule has 2 atom stereocenters. The largest absolute Gasteiger partial charge is 0.444 e. The first-order chi connectivity index (χ1) is 9.92. The van der Waals surface area contributed by atoms with Gasteiger partial charge in [-0.15, -0.1) is 0 Å². The normalized spacial score (nSPS) is 25.4. The van der Waals surface area contributed by atoms with E-state index in [2.05, 4.69) is 29.2 Å². The summed E-state index contributed by atoms with van der Waals surface area (Å²) in [6, 6.07) is 11.2. The topological polar surface area (TPSA) is 32.8 Å². The monoisotopic (exact) mass is 288 g/mol. The highest BCUT2D eigenvalue weighted by Gasteiger charge is 2.48. The van der Waals surface area contributed by atoms with Crippen LogP contribution in [-0.2, 0) is 11.3 Å². The van der Waals surface area contributed by atoms with E-state index in [9.17, 15) is 4.79 Å². The molecule has 0 spiro atoms. The van der Waals surface area contributed by atoms with Gasteiger partial charge in [-0.3, -0.25) is 9.80 Å². The maximum atomic E-state index is 12.2. The molecular formula is C17H24N2O2. The fourth-order valence-electron chi connectivity index (χ4n) is 3.28. The Morgan fingerprint density at radius 1 is 1.19 bits per heavy atom. The molecule has 3 heterocycles. The van der Waals surface area contributed by atoms with Crippen LogP contribution in [0.2, 0.25) is 0 Å². The second-order valence-corrected chi connectivity index (χ2v) is 7.11. The summed E-state index contributed by atoms with van der Waals surface area (Å²) >= 11 is 0. The lowest BCUT2D eigenvalue weighted by atomic mass is 9.88. The predicted octanol–water partition coefficient (Wildman–Crippen LogP) is 2.88. The smallest absolute Gasteiger partial charge is 0.410 e. The molecule has 2 bridgehead atoms. The van der Waals surface area contributed by atoms with E-state index in [1.807, 2.05) is 31.7 Å². The van der Waals surface area contributed by atoms with Crippen molar-refractivity contribution in [3.8, 4) is 0 Å². The van der Waals surface area contributed by atoms with Crippen molar-refractivity contribution < 1.29 is 9.53 Å². The maximum absolute atomic E-state index is 12.2. The lowest BCUT2D eigenvalue weighted by molar-refractivity contribution is -0.0782. The number of piperazine rings is 1. The van der Waals surface area contributed by atoms with Crippen molar-refractivity contribution in [1.82, 2.24) is 9.80 Å². The Kier molecular flexibility index (Phi) is 3.66.